The van der Waals surface area contributed by atoms with Crippen LogP contribution in [-0.4, -0.2) is 15.9 Å². The van der Waals surface area contributed by atoms with Crippen molar-refractivity contribution in [2.24, 2.45) is 5.73 Å². The van der Waals surface area contributed by atoms with E-state index in [1.165, 1.54) is 12.1 Å². The van der Waals surface area contributed by atoms with Crippen LogP contribution in [0, 0.1) is 18.6 Å². The maximum atomic E-state index is 14.1. The lowest BCUT2D eigenvalue weighted by atomic mass is 10.1. The summed E-state index contributed by atoms with van der Waals surface area (Å²) in [4.78, 5) is 29.6. The van der Waals surface area contributed by atoms with Crippen molar-refractivity contribution in [2.45, 2.75) is 6.92 Å². The van der Waals surface area contributed by atoms with Crippen molar-refractivity contribution in [1.29, 1.82) is 0 Å². The topological polar surface area (TPSA) is 101 Å². The van der Waals surface area contributed by atoms with Crippen LogP contribution in [-0.2, 0) is 0 Å². The van der Waals surface area contributed by atoms with Gasteiger partial charge in [-0.05, 0) is 37.3 Å². The number of pyridine rings is 1. The lowest BCUT2D eigenvalue weighted by Crippen LogP contribution is -2.18. The Morgan fingerprint density at radius 2 is 1.79 bits per heavy atom. The van der Waals surface area contributed by atoms with Gasteiger partial charge in [0.15, 0.2) is 11.6 Å². The van der Waals surface area contributed by atoms with Gasteiger partial charge in [-0.15, -0.1) is 0 Å². The summed E-state index contributed by atoms with van der Waals surface area (Å²) in [5, 5.41) is 0.837. The number of benzene rings is 2. The monoisotopic (exact) mass is 395 g/mol. The van der Waals surface area contributed by atoms with Gasteiger partial charge in [-0.2, -0.15) is 0 Å². The molecule has 2 aromatic carbocycles. The van der Waals surface area contributed by atoms with Crippen LogP contribution in [0.4, 0.5) is 8.78 Å². The Kier molecular flexibility index (Phi) is 4.38. The van der Waals surface area contributed by atoms with E-state index in [1.54, 1.807) is 31.2 Å². The van der Waals surface area contributed by atoms with Crippen LogP contribution >= 0.6 is 0 Å². The Morgan fingerprint density at radius 3 is 2.52 bits per heavy atom. The number of amides is 1. The molecule has 4 N–H and O–H groups in total. The molecule has 0 saturated carbocycles. The highest BCUT2D eigenvalue weighted by Gasteiger charge is 2.19. The standard InChI is InChI=1S/C21H15F2N3O3/c1-10-18-13(9-15(20(24)27)26-21(18)28)19(25-10)12-4-2-3-5-16(12)29-17-7-6-11(22)8-14(17)23/h2-9,25H,1H3,(H2,24,27)(H,26,28). The van der Waals surface area contributed by atoms with Crippen LogP contribution in [0.3, 0.4) is 0 Å². The molecule has 4 aromatic rings. The first kappa shape index (κ1) is 18.4. The molecular formula is C21H15F2N3O3. The van der Waals surface area contributed by atoms with Crippen molar-refractivity contribution in [3.8, 4) is 22.8 Å². The van der Waals surface area contributed by atoms with Gasteiger partial charge >= 0.3 is 0 Å². The lowest BCUT2D eigenvalue weighted by Gasteiger charge is -2.11. The number of aryl methyl sites for hydroxylation is 1. The van der Waals surface area contributed by atoms with Gasteiger partial charge in [0, 0.05) is 22.7 Å². The third-order valence-corrected chi connectivity index (χ3v) is 4.53. The molecule has 0 saturated heterocycles. The second kappa shape index (κ2) is 6.90. The predicted molar refractivity (Wildman–Crippen MR) is 104 cm³/mol. The highest BCUT2D eigenvalue weighted by molar-refractivity contribution is 6.02. The van der Waals surface area contributed by atoms with Gasteiger partial charge in [0.05, 0.1) is 11.1 Å². The van der Waals surface area contributed by atoms with E-state index in [0.717, 1.165) is 12.1 Å². The molecule has 1 amide bonds. The van der Waals surface area contributed by atoms with Crippen LogP contribution in [0.15, 0.2) is 53.3 Å². The molecule has 0 unspecified atom stereocenters. The van der Waals surface area contributed by atoms with Crippen LogP contribution in [0.1, 0.15) is 16.2 Å². The molecule has 0 aliphatic heterocycles. The quantitative estimate of drug-likeness (QED) is 0.487. The zero-order valence-electron chi connectivity index (χ0n) is 15.2. The molecular weight excluding hydrogens is 380 g/mol. The number of aromatic amines is 2. The molecule has 0 spiro atoms. The number of nitrogens with one attached hydrogen (secondary N) is 2. The first-order valence-electron chi connectivity index (χ1n) is 8.63. The molecule has 0 atom stereocenters. The Balaban J connectivity index is 1.91. The first-order valence-corrected chi connectivity index (χ1v) is 8.63. The molecule has 6 nitrogen and oxygen atoms in total. The smallest absolute Gasteiger partial charge is 0.265 e. The third-order valence-electron chi connectivity index (χ3n) is 4.53. The summed E-state index contributed by atoms with van der Waals surface area (Å²) in [6.07, 6.45) is 0. The van der Waals surface area contributed by atoms with Gasteiger partial charge in [-0.1, -0.05) is 12.1 Å². The van der Waals surface area contributed by atoms with Crippen molar-refractivity contribution in [3.05, 3.63) is 81.9 Å². The Bertz CT molecular complexity index is 1320. The van der Waals surface area contributed by atoms with Crippen LogP contribution in [0.2, 0.25) is 0 Å². The summed E-state index contributed by atoms with van der Waals surface area (Å²) in [7, 11) is 0. The molecule has 0 radical (unpaired) electrons. The number of ether oxygens (including phenoxy) is 1. The van der Waals surface area contributed by atoms with Gasteiger partial charge in [0.1, 0.15) is 17.3 Å². The fraction of sp³-hybridized carbons (Fsp3) is 0.0476. The van der Waals surface area contributed by atoms with Crippen molar-refractivity contribution in [2.75, 3.05) is 0 Å². The molecule has 146 valence electrons. The number of fused-ring (bicyclic) bond motifs is 1. The van der Waals surface area contributed by atoms with E-state index in [0.29, 0.717) is 27.7 Å². The number of nitrogens with two attached hydrogens (primary N) is 1. The number of hydrogen-bond donors (Lipinski definition) is 3. The number of primary amides is 1. The fourth-order valence-corrected chi connectivity index (χ4v) is 3.23. The van der Waals surface area contributed by atoms with Gasteiger partial charge in [-0.3, -0.25) is 9.59 Å². The average molecular weight is 395 g/mol. The number of aromatic nitrogens is 2. The zero-order valence-corrected chi connectivity index (χ0v) is 15.2. The number of halogens is 2. The number of rotatable bonds is 4. The summed E-state index contributed by atoms with van der Waals surface area (Å²) in [6, 6.07) is 11.3. The van der Waals surface area contributed by atoms with Crippen LogP contribution in [0.5, 0.6) is 11.5 Å². The molecule has 2 heterocycles. The second-order valence-corrected chi connectivity index (χ2v) is 6.46. The minimum Gasteiger partial charge on any atom is -0.454 e. The number of para-hydroxylation sites is 1. The fourth-order valence-electron chi connectivity index (χ4n) is 3.23. The molecule has 0 aliphatic rings. The van der Waals surface area contributed by atoms with Crippen LogP contribution < -0.4 is 16.0 Å². The number of H-pyrrole nitrogens is 2. The van der Waals surface area contributed by atoms with E-state index in [1.807, 2.05) is 0 Å². The molecule has 8 heteroatoms. The Hall–Kier alpha value is -3.94. The predicted octanol–water partition coefficient (Wildman–Crippen LogP) is 4.00. The summed E-state index contributed by atoms with van der Waals surface area (Å²) < 4.78 is 32.9. The summed E-state index contributed by atoms with van der Waals surface area (Å²) in [5.41, 5.74) is 6.42. The summed E-state index contributed by atoms with van der Waals surface area (Å²) in [5.74, 6) is -2.21. The van der Waals surface area contributed by atoms with E-state index < -0.39 is 23.1 Å². The van der Waals surface area contributed by atoms with Gasteiger partial charge in [0.25, 0.3) is 11.5 Å². The highest BCUT2D eigenvalue weighted by atomic mass is 19.1. The maximum Gasteiger partial charge on any atom is 0.265 e. The summed E-state index contributed by atoms with van der Waals surface area (Å²) >= 11 is 0. The lowest BCUT2D eigenvalue weighted by molar-refractivity contribution is 0.0995. The molecule has 2 aromatic heterocycles. The largest absolute Gasteiger partial charge is 0.454 e. The number of hydrogen-bond acceptors (Lipinski definition) is 3. The molecule has 4 rings (SSSR count). The van der Waals surface area contributed by atoms with Crippen molar-refractivity contribution in [3.63, 3.8) is 0 Å². The number of carbonyl (C=O) groups is 1. The van der Waals surface area contributed by atoms with Gasteiger partial charge in [-0.25, -0.2) is 8.78 Å². The van der Waals surface area contributed by atoms with E-state index in [9.17, 15) is 18.4 Å². The van der Waals surface area contributed by atoms with Crippen LogP contribution in [0.25, 0.3) is 22.0 Å². The first-order chi connectivity index (χ1) is 13.8. The molecule has 0 bridgehead atoms. The highest BCUT2D eigenvalue weighted by Crippen LogP contribution is 2.37. The average Bonchev–Trinajstić information content (AvgIpc) is 3.01. The molecule has 0 fully saturated rings. The van der Waals surface area contributed by atoms with Crippen molar-refractivity contribution >= 4 is 16.7 Å². The molecule has 29 heavy (non-hydrogen) atoms. The van der Waals surface area contributed by atoms with Gasteiger partial charge < -0.3 is 20.4 Å². The van der Waals surface area contributed by atoms with E-state index in [2.05, 4.69) is 9.97 Å². The van der Waals surface area contributed by atoms with E-state index >= 15 is 0 Å². The van der Waals surface area contributed by atoms with Crippen molar-refractivity contribution < 1.29 is 18.3 Å². The van der Waals surface area contributed by atoms with Gasteiger partial charge in [0.2, 0.25) is 0 Å². The third kappa shape index (κ3) is 3.25. The SMILES string of the molecule is Cc1[nH]c(-c2ccccc2Oc2ccc(F)cc2F)c2cc(C(N)=O)[nH]c(=O)c12. The maximum absolute atomic E-state index is 14.1. The Labute approximate surface area is 162 Å². The minimum atomic E-state index is -0.847. The second-order valence-electron chi connectivity index (χ2n) is 6.46. The summed E-state index contributed by atoms with van der Waals surface area (Å²) in [6.45, 7) is 1.72. The normalized spacial score (nSPS) is 11.0. The van der Waals surface area contributed by atoms with E-state index in [-0.39, 0.29) is 17.2 Å². The zero-order chi connectivity index (χ0) is 20.7. The number of carbonyl (C=O) groups excluding carboxylic acids is 1. The van der Waals surface area contributed by atoms with E-state index in [4.69, 9.17) is 10.5 Å². The van der Waals surface area contributed by atoms with Crippen molar-refractivity contribution in [1.82, 2.24) is 9.97 Å². The molecule has 0 aliphatic carbocycles. The minimum absolute atomic E-state index is 0.0364. The Morgan fingerprint density at radius 1 is 1.03 bits per heavy atom.